The molecule has 1 aliphatic heterocycles. The quantitative estimate of drug-likeness (QED) is 0.473. The average Bonchev–Trinajstić information content (AvgIpc) is 3.35. The Balaban J connectivity index is 1.83. The second kappa shape index (κ2) is 11.2. The van der Waals surface area contributed by atoms with E-state index in [-0.39, 0.29) is 17.9 Å². The highest BCUT2D eigenvalue weighted by atomic mass is 16.5. The number of amides is 1. The molecule has 1 saturated carbocycles. The van der Waals surface area contributed by atoms with Gasteiger partial charge in [-0.05, 0) is 65.8 Å². The van der Waals surface area contributed by atoms with Gasteiger partial charge >= 0.3 is 0 Å². The minimum Gasteiger partial charge on any atom is -0.493 e. The molecule has 1 fully saturated rings. The van der Waals surface area contributed by atoms with E-state index in [1.807, 2.05) is 24.3 Å². The molecular weight excluding hydrogens is 488 g/mol. The number of benzene rings is 2. The van der Waals surface area contributed by atoms with Gasteiger partial charge in [0, 0.05) is 12.8 Å². The molecule has 1 heterocycles. The molecular formula is C29H36N2O7. The summed E-state index contributed by atoms with van der Waals surface area (Å²) in [6.45, 7) is 3.75. The lowest BCUT2D eigenvalue weighted by atomic mass is 9.71. The summed E-state index contributed by atoms with van der Waals surface area (Å²) in [6, 6.07) is 7.33. The van der Waals surface area contributed by atoms with Crippen molar-refractivity contribution in [3.63, 3.8) is 0 Å². The number of carbonyl (C=O) groups is 1. The van der Waals surface area contributed by atoms with E-state index in [9.17, 15) is 4.79 Å². The molecule has 3 unspecified atom stereocenters. The monoisotopic (exact) mass is 524 g/mol. The molecule has 4 rings (SSSR count). The van der Waals surface area contributed by atoms with E-state index in [0.717, 1.165) is 35.3 Å². The second-order valence-electron chi connectivity index (χ2n) is 9.42. The highest BCUT2D eigenvalue weighted by Gasteiger charge is 2.46. The fraction of sp³-hybridized carbons (Fsp3) is 0.448. The van der Waals surface area contributed by atoms with Gasteiger partial charge in [-0.2, -0.15) is 5.10 Å². The van der Waals surface area contributed by atoms with Crippen LogP contribution in [-0.4, -0.2) is 59.3 Å². The normalized spacial score (nSPS) is 21.5. The number of fused-ring (bicyclic) bond motifs is 1. The summed E-state index contributed by atoms with van der Waals surface area (Å²) in [5.41, 5.74) is 3.76. The Morgan fingerprint density at radius 2 is 1.34 bits per heavy atom. The molecule has 1 aliphatic carbocycles. The number of methoxy groups -OCH3 is 6. The molecule has 0 N–H and O–H groups in total. The molecule has 2 aromatic rings. The van der Waals surface area contributed by atoms with Crippen LogP contribution in [-0.2, 0) is 4.79 Å². The standard InChI is InChI=1S/C29H36N2O7/c1-16-9-10-19(11-18-12-21(33-3)28(37-7)22(13-18)34-4)26-25(16)27(31(30-26)17(2)32)20-14-23(35-5)29(38-8)24(15-20)36-6/h11-16,25,27H,9-10H2,1-8H3/b19-11+. The van der Waals surface area contributed by atoms with E-state index >= 15 is 0 Å². The van der Waals surface area contributed by atoms with Gasteiger partial charge < -0.3 is 28.4 Å². The molecule has 38 heavy (non-hydrogen) atoms. The fourth-order valence-electron chi connectivity index (χ4n) is 5.52. The summed E-state index contributed by atoms with van der Waals surface area (Å²) in [6.07, 6.45) is 3.88. The van der Waals surface area contributed by atoms with Crippen molar-refractivity contribution in [1.82, 2.24) is 5.01 Å². The van der Waals surface area contributed by atoms with Gasteiger partial charge in [-0.1, -0.05) is 6.92 Å². The van der Waals surface area contributed by atoms with Crippen molar-refractivity contribution in [1.29, 1.82) is 0 Å². The second-order valence-corrected chi connectivity index (χ2v) is 9.42. The summed E-state index contributed by atoms with van der Waals surface area (Å²) in [7, 11) is 9.52. The molecule has 9 heteroatoms. The van der Waals surface area contributed by atoms with Crippen LogP contribution >= 0.6 is 0 Å². The first-order chi connectivity index (χ1) is 18.3. The zero-order chi connectivity index (χ0) is 27.6. The maximum atomic E-state index is 12.9. The molecule has 9 nitrogen and oxygen atoms in total. The predicted molar refractivity (Wildman–Crippen MR) is 145 cm³/mol. The maximum Gasteiger partial charge on any atom is 0.240 e. The molecule has 2 aromatic carbocycles. The summed E-state index contributed by atoms with van der Waals surface area (Å²) < 4.78 is 33.3. The lowest BCUT2D eigenvalue weighted by Gasteiger charge is -2.34. The lowest BCUT2D eigenvalue weighted by molar-refractivity contribution is -0.131. The summed E-state index contributed by atoms with van der Waals surface area (Å²) in [4.78, 5) is 12.9. The van der Waals surface area contributed by atoms with Gasteiger partial charge in [0.1, 0.15) is 0 Å². The summed E-state index contributed by atoms with van der Waals surface area (Å²) in [5.74, 6) is 3.42. The van der Waals surface area contributed by atoms with E-state index in [1.54, 1.807) is 54.6 Å². The largest absolute Gasteiger partial charge is 0.493 e. The van der Waals surface area contributed by atoms with Crippen molar-refractivity contribution in [3.8, 4) is 34.5 Å². The third-order valence-corrected chi connectivity index (χ3v) is 7.33. The first-order valence-electron chi connectivity index (χ1n) is 12.5. The Morgan fingerprint density at radius 1 is 0.842 bits per heavy atom. The smallest absolute Gasteiger partial charge is 0.240 e. The first-order valence-corrected chi connectivity index (χ1v) is 12.5. The fourth-order valence-corrected chi connectivity index (χ4v) is 5.52. The minimum atomic E-state index is -0.310. The number of allylic oxidation sites excluding steroid dienone is 1. The first kappa shape index (κ1) is 27.2. The van der Waals surface area contributed by atoms with Crippen LogP contribution in [0.2, 0.25) is 0 Å². The molecule has 0 saturated heterocycles. The Kier molecular flexibility index (Phi) is 8.04. The maximum absolute atomic E-state index is 12.9. The molecule has 0 radical (unpaired) electrons. The van der Waals surface area contributed by atoms with Crippen LogP contribution in [0, 0.1) is 11.8 Å². The van der Waals surface area contributed by atoms with Crippen LogP contribution in [0.15, 0.2) is 34.9 Å². The van der Waals surface area contributed by atoms with Gasteiger partial charge in [0.05, 0.1) is 54.4 Å². The van der Waals surface area contributed by atoms with Crippen LogP contribution in [0.1, 0.15) is 43.9 Å². The van der Waals surface area contributed by atoms with Crippen LogP contribution in [0.25, 0.3) is 6.08 Å². The van der Waals surface area contributed by atoms with E-state index in [1.165, 1.54) is 0 Å². The molecule has 3 atom stereocenters. The van der Waals surface area contributed by atoms with Crippen molar-refractivity contribution >= 4 is 17.7 Å². The molecule has 2 aliphatic rings. The van der Waals surface area contributed by atoms with Crippen molar-refractivity contribution < 1.29 is 33.2 Å². The molecule has 1 amide bonds. The van der Waals surface area contributed by atoms with Crippen LogP contribution < -0.4 is 28.4 Å². The topological polar surface area (TPSA) is 88.1 Å². The zero-order valence-electron chi connectivity index (χ0n) is 23.3. The van der Waals surface area contributed by atoms with Gasteiger partial charge in [-0.3, -0.25) is 4.79 Å². The highest BCUT2D eigenvalue weighted by molar-refractivity contribution is 6.08. The number of ether oxygens (including phenoxy) is 6. The Bertz CT molecular complexity index is 1220. The van der Waals surface area contributed by atoms with E-state index in [4.69, 9.17) is 33.5 Å². The number of hydrogen-bond acceptors (Lipinski definition) is 8. The number of carbonyl (C=O) groups excluding carboxylic acids is 1. The minimum absolute atomic E-state index is 0.0104. The van der Waals surface area contributed by atoms with Crippen LogP contribution in [0.5, 0.6) is 34.5 Å². The van der Waals surface area contributed by atoms with Crippen LogP contribution in [0.4, 0.5) is 0 Å². The molecule has 204 valence electrons. The molecule has 0 aromatic heterocycles. The number of nitrogens with zero attached hydrogens (tertiary/aromatic N) is 2. The van der Waals surface area contributed by atoms with Crippen LogP contribution in [0.3, 0.4) is 0 Å². The number of hydrogen-bond donors (Lipinski definition) is 0. The summed E-state index contributed by atoms with van der Waals surface area (Å²) in [5, 5.41) is 6.49. The van der Waals surface area contributed by atoms with E-state index < -0.39 is 0 Å². The van der Waals surface area contributed by atoms with Gasteiger partial charge in [-0.25, -0.2) is 5.01 Å². The zero-order valence-corrected chi connectivity index (χ0v) is 23.3. The predicted octanol–water partition coefficient (Wildman–Crippen LogP) is 5.13. The number of hydrazone groups is 1. The van der Waals surface area contributed by atoms with Gasteiger partial charge in [0.15, 0.2) is 23.0 Å². The van der Waals surface area contributed by atoms with Gasteiger partial charge in [-0.15, -0.1) is 0 Å². The van der Waals surface area contributed by atoms with Gasteiger partial charge in [0.2, 0.25) is 17.4 Å². The van der Waals surface area contributed by atoms with Crippen molar-refractivity contribution in [2.75, 3.05) is 42.7 Å². The van der Waals surface area contributed by atoms with Gasteiger partial charge in [0.25, 0.3) is 0 Å². The Labute approximate surface area is 223 Å². The SMILES string of the molecule is COc1cc(/C=C2\CCC(C)C3C2=NN(C(C)=O)C3c2cc(OC)c(OC)c(OC)c2)cc(OC)c1OC. The third kappa shape index (κ3) is 4.73. The Hall–Kier alpha value is -3.88. The molecule has 0 spiro atoms. The third-order valence-electron chi connectivity index (χ3n) is 7.33. The molecule has 0 bridgehead atoms. The van der Waals surface area contributed by atoms with Crippen molar-refractivity contribution in [2.24, 2.45) is 16.9 Å². The lowest BCUT2D eigenvalue weighted by Crippen LogP contribution is -2.34. The van der Waals surface area contributed by atoms with E-state index in [0.29, 0.717) is 40.4 Å². The van der Waals surface area contributed by atoms with Crippen molar-refractivity contribution in [2.45, 2.75) is 32.7 Å². The number of rotatable bonds is 8. The van der Waals surface area contributed by atoms with Crippen molar-refractivity contribution in [3.05, 3.63) is 41.0 Å². The average molecular weight is 525 g/mol. The van der Waals surface area contributed by atoms with E-state index in [2.05, 4.69) is 13.0 Å². The highest BCUT2D eigenvalue weighted by Crippen LogP contribution is 2.50. The Morgan fingerprint density at radius 3 is 1.79 bits per heavy atom. The summed E-state index contributed by atoms with van der Waals surface area (Å²) >= 11 is 0.